The van der Waals surface area contributed by atoms with Crippen LogP contribution in [0.15, 0.2) is 53.5 Å². The van der Waals surface area contributed by atoms with Gasteiger partial charge in [0.1, 0.15) is 5.82 Å². The van der Waals surface area contributed by atoms with E-state index in [1.807, 2.05) is 55.4 Å². The van der Waals surface area contributed by atoms with E-state index in [-0.39, 0.29) is 30.1 Å². The molecule has 6 nitrogen and oxygen atoms in total. The molecule has 0 bridgehead atoms. The lowest BCUT2D eigenvalue weighted by molar-refractivity contribution is 0.0646. The fraction of sp³-hybridized carbons (Fsp3) is 0.455. The van der Waals surface area contributed by atoms with Gasteiger partial charge in [-0.05, 0) is 38.0 Å². The van der Waals surface area contributed by atoms with Crippen molar-refractivity contribution in [1.29, 1.82) is 0 Å². The molecule has 0 spiro atoms. The number of benzene rings is 1. The lowest BCUT2D eigenvalue weighted by atomic mass is 10.1. The molecule has 1 heterocycles. The largest absolute Gasteiger partial charge is 0.374 e. The number of aliphatic imine (C=N–C) groups is 1. The van der Waals surface area contributed by atoms with Crippen LogP contribution in [0, 0.1) is 0 Å². The van der Waals surface area contributed by atoms with Crippen LogP contribution in [0.2, 0.25) is 0 Å². The Labute approximate surface area is 192 Å². The SMILES string of the molecule is CCNC(=NCc1cccc(N(C)C)n1)NCCCOC(C)c1ccccc1.I. The van der Waals surface area contributed by atoms with Gasteiger partial charge in [0.25, 0.3) is 0 Å². The van der Waals surface area contributed by atoms with Gasteiger partial charge in [0.2, 0.25) is 0 Å². The number of nitrogens with one attached hydrogen (secondary N) is 2. The standard InChI is InChI=1S/C22H33N5O.HI/c1-5-23-22(25-17-20-13-9-14-21(26-20)27(3)4)24-15-10-16-28-18(2)19-11-7-6-8-12-19;/h6-9,11-14,18H,5,10,15-17H2,1-4H3,(H2,23,24,25);1H. The fourth-order valence-corrected chi connectivity index (χ4v) is 2.67. The van der Waals surface area contributed by atoms with Crippen molar-refractivity contribution in [2.24, 2.45) is 4.99 Å². The zero-order valence-corrected chi connectivity index (χ0v) is 20.2. The Kier molecular flexibility index (Phi) is 12.3. The number of ether oxygens (including phenoxy) is 1. The van der Waals surface area contributed by atoms with Crippen LogP contribution in [0.5, 0.6) is 0 Å². The molecule has 0 saturated carbocycles. The monoisotopic (exact) mass is 511 g/mol. The molecular weight excluding hydrogens is 477 g/mol. The van der Waals surface area contributed by atoms with Crippen molar-refractivity contribution < 1.29 is 4.74 Å². The highest BCUT2D eigenvalue weighted by atomic mass is 127. The van der Waals surface area contributed by atoms with Gasteiger partial charge in [0.05, 0.1) is 18.3 Å². The molecule has 2 N–H and O–H groups in total. The number of nitrogens with zero attached hydrogens (tertiary/aromatic N) is 3. The number of rotatable bonds is 10. The zero-order chi connectivity index (χ0) is 20.2. The molecule has 160 valence electrons. The van der Waals surface area contributed by atoms with E-state index in [0.717, 1.165) is 37.0 Å². The quantitative estimate of drug-likeness (QED) is 0.219. The van der Waals surface area contributed by atoms with Crippen molar-refractivity contribution in [1.82, 2.24) is 15.6 Å². The molecule has 1 atom stereocenters. The summed E-state index contributed by atoms with van der Waals surface area (Å²) in [5, 5.41) is 6.64. The van der Waals surface area contributed by atoms with E-state index in [4.69, 9.17) is 4.74 Å². The molecule has 0 aliphatic heterocycles. The van der Waals surface area contributed by atoms with Gasteiger partial charge < -0.3 is 20.3 Å². The molecule has 2 rings (SSSR count). The topological polar surface area (TPSA) is 61.8 Å². The number of guanidine groups is 1. The van der Waals surface area contributed by atoms with Crippen LogP contribution in [0.25, 0.3) is 0 Å². The number of hydrogen-bond donors (Lipinski definition) is 2. The Bertz CT molecular complexity index is 724. The van der Waals surface area contributed by atoms with Gasteiger partial charge in [-0.1, -0.05) is 36.4 Å². The molecule has 0 aliphatic rings. The Morgan fingerprint density at radius 2 is 1.86 bits per heavy atom. The lowest BCUT2D eigenvalue weighted by Gasteiger charge is -2.15. The Morgan fingerprint density at radius 3 is 2.55 bits per heavy atom. The normalized spacial score (nSPS) is 12.1. The zero-order valence-electron chi connectivity index (χ0n) is 17.9. The molecule has 0 amide bonds. The summed E-state index contributed by atoms with van der Waals surface area (Å²) in [6.45, 7) is 7.01. The average molecular weight is 511 g/mol. The van der Waals surface area contributed by atoms with Crippen molar-refractivity contribution in [3.8, 4) is 0 Å². The Balaban J connectivity index is 0.00000420. The fourth-order valence-electron chi connectivity index (χ4n) is 2.67. The summed E-state index contributed by atoms with van der Waals surface area (Å²) in [6, 6.07) is 16.3. The second kappa shape index (κ2) is 14.2. The first-order valence-corrected chi connectivity index (χ1v) is 9.92. The van der Waals surface area contributed by atoms with Crippen molar-refractivity contribution in [3.05, 3.63) is 59.8 Å². The Hall–Kier alpha value is -1.87. The highest BCUT2D eigenvalue weighted by molar-refractivity contribution is 14.0. The lowest BCUT2D eigenvalue weighted by Crippen LogP contribution is -2.38. The summed E-state index contributed by atoms with van der Waals surface area (Å²) < 4.78 is 5.92. The van der Waals surface area contributed by atoms with E-state index in [1.165, 1.54) is 5.56 Å². The number of pyridine rings is 1. The molecule has 1 unspecified atom stereocenters. The van der Waals surface area contributed by atoms with E-state index in [2.05, 4.69) is 46.6 Å². The van der Waals surface area contributed by atoms with E-state index in [1.54, 1.807) is 0 Å². The van der Waals surface area contributed by atoms with Crippen LogP contribution in [-0.2, 0) is 11.3 Å². The van der Waals surface area contributed by atoms with Gasteiger partial charge in [-0.2, -0.15) is 0 Å². The first kappa shape index (κ1) is 25.2. The van der Waals surface area contributed by atoms with E-state index >= 15 is 0 Å². The Morgan fingerprint density at radius 1 is 1.10 bits per heavy atom. The van der Waals surface area contributed by atoms with Gasteiger partial charge in [-0.3, -0.25) is 0 Å². The number of aromatic nitrogens is 1. The van der Waals surface area contributed by atoms with Crippen molar-refractivity contribution in [2.45, 2.75) is 32.9 Å². The maximum absolute atomic E-state index is 5.92. The van der Waals surface area contributed by atoms with Crippen LogP contribution in [0.1, 0.15) is 37.6 Å². The summed E-state index contributed by atoms with van der Waals surface area (Å²) in [6.07, 6.45) is 1.02. The summed E-state index contributed by atoms with van der Waals surface area (Å²) in [7, 11) is 3.98. The van der Waals surface area contributed by atoms with Crippen LogP contribution in [0.3, 0.4) is 0 Å². The first-order chi connectivity index (χ1) is 13.6. The molecule has 29 heavy (non-hydrogen) atoms. The summed E-state index contributed by atoms with van der Waals surface area (Å²) >= 11 is 0. The number of hydrogen-bond acceptors (Lipinski definition) is 4. The van der Waals surface area contributed by atoms with Gasteiger partial charge in [0, 0.05) is 33.8 Å². The molecule has 2 aromatic rings. The average Bonchev–Trinajstić information content (AvgIpc) is 2.72. The molecule has 0 radical (unpaired) electrons. The van der Waals surface area contributed by atoms with Gasteiger partial charge in [-0.25, -0.2) is 9.98 Å². The number of anilines is 1. The van der Waals surface area contributed by atoms with Crippen molar-refractivity contribution >= 4 is 35.8 Å². The summed E-state index contributed by atoms with van der Waals surface area (Å²) in [5.74, 6) is 1.74. The third-order valence-electron chi connectivity index (χ3n) is 4.24. The van der Waals surface area contributed by atoms with Crippen molar-refractivity contribution in [2.75, 3.05) is 38.7 Å². The second-order valence-corrected chi connectivity index (χ2v) is 6.78. The van der Waals surface area contributed by atoms with Crippen LogP contribution in [-0.4, -0.2) is 44.7 Å². The minimum atomic E-state index is 0. The molecule has 1 aromatic carbocycles. The van der Waals surface area contributed by atoms with Gasteiger partial charge in [0.15, 0.2) is 5.96 Å². The minimum Gasteiger partial charge on any atom is -0.374 e. The third kappa shape index (κ3) is 9.45. The minimum absolute atomic E-state index is 0. The van der Waals surface area contributed by atoms with Crippen molar-refractivity contribution in [3.63, 3.8) is 0 Å². The molecular formula is C22H34IN5O. The molecule has 0 aliphatic carbocycles. The van der Waals surface area contributed by atoms with Gasteiger partial charge >= 0.3 is 0 Å². The van der Waals surface area contributed by atoms with E-state index < -0.39 is 0 Å². The highest BCUT2D eigenvalue weighted by Crippen LogP contribution is 2.15. The summed E-state index contributed by atoms with van der Waals surface area (Å²) in [5.41, 5.74) is 2.15. The molecule has 0 saturated heterocycles. The van der Waals surface area contributed by atoms with Crippen LogP contribution >= 0.6 is 24.0 Å². The highest BCUT2D eigenvalue weighted by Gasteiger charge is 2.05. The first-order valence-electron chi connectivity index (χ1n) is 9.92. The van der Waals surface area contributed by atoms with E-state index in [0.29, 0.717) is 13.2 Å². The predicted octanol–water partition coefficient (Wildman–Crippen LogP) is 3.99. The molecule has 7 heteroatoms. The molecule has 0 fully saturated rings. The molecule has 1 aromatic heterocycles. The van der Waals surface area contributed by atoms with E-state index in [9.17, 15) is 0 Å². The van der Waals surface area contributed by atoms with Crippen LogP contribution < -0.4 is 15.5 Å². The summed E-state index contributed by atoms with van der Waals surface area (Å²) in [4.78, 5) is 11.2. The maximum atomic E-state index is 5.92. The third-order valence-corrected chi connectivity index (χ3v) is 4.24. The van der Waals surface area contributed by atoms with Crippen LogP contribution in [0.4, 0.5) is 5.82 Å². The maximum Gasteiger partial charge on any atom is 0.191 e. The van der Waals surface area contributed by atoms with Gasteiger partial charge in [-0.15, -0.1) is 24.0 Å². The smallest absolute Gasteiger partial charge is 0.191 e. The number of halogens is 1. The predicted molar refractivity (Wildman–Crippen MR) is 132 cm³/mol. The second-order valence-electron chi connectivity index (χ2n) is 6.78.